The van der Waals surface area contributed by atoms with Crippen LogP contribution < -0.4 is 5.56 Å². The highest BCUT2D eigenvalue weighted by Crippen LogP contribution is 2.24. The van der Waals surface area contributed by atoms with Crippen molar-refractivity contribution in [1.29, 1.82) is 0 Å². The number of hydrogen-bond donors (Lipinski definition) is 1. The van der Waals surface area contributed by atoms with E-state index in [0.717, 1.165) is 10.9 Å². The predicted octanol–water partition coefficient (Wildman–Crippen LogP) is 4.47. The average Bonchev–Trinajstić information content (AvgIpc) is 3.21. The minimum absolute atomic E-state index is 0.0206. The molecule has 0 aliphatic rings. The van der Waals surface area contributed by atoms with Crippen LogP contribution in [0.3, 0.4) is 0 Å². The Morgan fingerprint density at radius 3 is 2.60 bits per heavy atom. The first-order valence-corrected chi connectivity index (χ1v) is 11.1. The Kier molecular flexibility index (Phi) is 5.51. The van der Waals surface area contributed by atoms with Crippen LogP contribution in [0.5, 0.6) is 0 Å². The highest BCUT2D eigenvalue weighted by atomic mass is 35.5. The summed E-state index contributed by atoms with van der Waals surface area (Å²) >= 11 is 6.01. The number of halogens is 1. The summed E-state index contributed by atoms with van der Waals surface area (Å²) in [5, 5.41) is 1.14. The third-order valence-electron chi connectivity index (χ3n) is 4.77. The van der Waals surface area contributed by atoms with Crippen LogP contribution in [0.1, 0.15) is 16.9 Å². The first-order chi connectivity index (χ1) is 14.3. The van der Waals surface area contributed by atoms with Crippen molar-refractivity contribution in [1.82, 2.24) is 9.29 Å². The number of aryl methyl sites for hydroxylation is 1. The molecule has 0 aliphatic heterocycles. The topological polar surface area (TPSA) is 83.4 Å². The average molecular weight is 443 g/mol. The van der Waals surface area contributed by atoms with Crippen molar-refractivity contribution < 1.29 is 12.8 Å². The highest BCUT2D eigenvalue weighted by Gasteiger charge is 2.27. The van der Waals surface area contributed by atoms with E-state index in [-0.39, 0.29) is 23.5 Å². The van der Waals surface area contributed by atoms with Gasteiger partial charge in [-0.2, -0.15) is 4.31 Å². The number of fused-ring (bicyclic) bond motifs is 1. The number of H-pyrrole nitrogens is 1. The second-order valence-electron chi connectivity index (χ2n) is 7.02. The zero-order valence-corrected chi connectivity index (χ0v) is 17.7. The van der Waals surface area contributed by atoms with Crippen LogP contribution in [0, 0.1) is 6.92 Å². The number of benzene rings is 2. The number of pyridine rings is 1. The van der Waals surface area contributed by atoms with Crippen LogP contribution >= 0.6 is 11.6 Å². The molecular formula is C22H19ClN2O4S. The molecule has 2 aromatic heterocycles. The highest BCUT2D eigenvalue weighted by molar-refractivity contribution is 7.89. The fraction of sp³-hybridized carbons (Fsp3) is 0.136. The molecule has 0 amide bonds. The van der Waals surface area contributed by atoms with E-state index in [1.54, 1.807) is 30.3 Å². The summed E-state index contributed by atoms with van der Waals surface area (Å²) in [7, 11) is -3.94. The number of nitrogens with zero attached hydrogens (tertiary/aromatic N) is 1. The number of nitrogens with one attached hydrogen (secondary N) is 1. The lowest BCUT2D eigenvalue weighted by Gasteiger charge is -2.21. The van der Waals surface area contributed by atoms with Gasteiger partial charge in [-0.15, -0.1) is 0 Å². The molecule has 0 fully saturated rings. The molecule has 0 unspecified atom stereocenters. The van der Waals surface area contributed by atoms with Gasteiger partial charge in [-0.1, -0.05) is 29.8 Å². The third kappa shape index (κ3) is 4.18. The molecule has 4 aromatic rings. The summed E-state index contributed by atoms with van der Waals surface area (Å²) < 4.78 is 33.3. The van der Waals surface area contributed by atoms with E-state index >= 15 is 0 Å². The Balaban J connectivity index is 1.77. The van der Waals surface area contributed by atoms with E-state index in [1.165, 1.54) is 22.7 Å². The quantitative estimate of drug-likeness (QED) is 0.477. The van der Waals surface area contributed by atoms with Crippen molar-refractivity contribution in [2.75, 3.05) is 0 Å². The number of furan rings is 1. The number of sulfonamides is 1. The lowest BCUT2D eigenvalue weighted by Crippen LogP contribution is -2.32. The fourth-order valence-electron chi connectivity index (χ4n) is 3.25. The zero-order valence-electron chi connectivity index (χ0n) is 16.1. The van der Waals surface area contributed by atoms with E-state index in [9.17, 15) is 13.2 Å². The maximum Gasteiger partial charge on any atom is 0.252 e. The van der Waals surface area contributed by atoms with Gasteiger partial charge in [0.1, 0.15) is 5.76 Å². The second kappa shape index (κ2) is 8.10. The molecule has 0 aliphatic carbocycles. The largest absolute Gasteiger partial charge is 0.468 e. The standard InChI is InChI=1S/C22H19ClN2O4S/c1-15-7-8-16-11-17(22(26)24-21(16)10-15)13-25(14-19-5-3-9-29-19)30(27,28)20-6-2-4-18(23)12-20/h2-12H,13-14H2,1H3,(H,24,26). The van der Waals surface area contributed by atoms with Crippen LogP contribution in [-0.4, -0.2) is 17.7 Å². The number of hydrogen-bond acceptors (Lipinski definition) is 4. The maximum absolute atomic E-state index is 13.3. The molecule has 2 heterocycles. The van der Waals surface area contributed by atoms with E-state index in [2.05, 4.69) is 4.98 Å². The molecule has 0 atom stereocenters. The Hall–Kier alpha value is -2.87. The summed E-state index contributed by atoms with van der Waals surface area (Å²) in [5.74, 6) is 0.466. The van der Waals surface area contributed by atoms with E-state index in [1.807, 2.05) is 25.1 Å². The lowest BCUT2D eigenvalue weighted by molar-refractivity contribution is 0.357. The van der Waals surface area contributed by atoms with Gasteiger partial charge >= 0.3 is 0 Å². The minimum Gasteiger partial charge on any atom is -0.468 e. The van der Waals surface area contributed by atoms with Crippen molar-refractivity contribution in [3.05, 3.63) is 99.2 Å². The van der Waals surface area contributed by atoms with Crippen LogP contribution in [0.25, 0.3) is 10.9 Å². The van der Waals surface area contributed by atoms with Crippen molar-refractivity contribution in [3.8, 4) is 0 Å². The summed E-state index contributed by atoms with van der Waals surface area (Å²) in [6.45, 7) is 1.80. The molecule has 1 N–H and O–H groups in total. The first kappa shape index (κ1) is 20.4. The third-order valence-corrected chi connectivity index (χ3v) is 6.79. The van der Waals surface area contributed by atoms with Crippen molar-refractivity contribution in [2.24, 2.45) is 0 Å². The molecule has 154 valence electrons. The van der Waals surface area contributed by atoms with Gasteiger partial charge in [-0.3, -0.25) is 4.79 Å². The van der Waals surface area contributed by atoms with Gasteiger partial charge in [-0.05, 0) is 60.3 Å². The Morgan fingerprint density at radius 2 is 1.87 bits per heavy atom. The van der Waals surface area contributed by atoms with Gasteiger partial charge in [0.2, 0.25) is 10.0 Å². The van der Waals surface area contributed by atoms with Gasteiger partial charge in [-0.25, -0.2) is 8.42 Å². The molecule has 0 radical (unpaired) electrons. The SMILES string of the molecule is Cc1ccc2cc(CN(Cc3ccco3)S(=O)(=O)c3cccc(Cl)c3)c(=O)[nH]c2c1. The summed E-state index contributed by atoms with van der Waals surface area (Å²) in [5.41, 5.74) is 1.73. The van der Waals surface area contributed by atoms with Gasteiger partial charge in [0.05, 0.1) is 17.7 Å². The summed E-state index contributed by atoms with van der Waals surface area (Å²) in [6.07, 6.45) is 1.48. The molecule has 0 bridgehead atoms. The minimum atomic E-state index is -3.94. The molecule has 0 saturated heterocycles. The fourth-order valence-corrected chi connectivity index (χ4v) is 4.93. The van der Waals surface area contributed by atoms with Crippen LogP contribution in [0.4, 0.5) is 0 Å². The molecule has 0 spiro atoms. The number of aromatic nitrogens is 1. The second-order valence-corrected chi connectivity index (χ2v) is 9.40. The van der Waals surface area contributed by atoms with Crippen LogP contribution in [0.15, 0.2) is 81.0 Å². The Labute approximate surface area is 178 Å². The van der Waals surface area contributed by atoms with Crippen LogP contribution in [-0.2, 0) is 23.1 Å². The van der Waals surface area contributed by atoms with E-state index < -0.39 is 10.0 Å². The molecule has 4 rings (SSSR count). The molecule has 8 heteroatoms. The molecular weight excluding hydrogens is 424 g/mol. The normalized spacial score (nSPS) is 12.0. The zero-order chi connectivity index (χ0) is 21.3. The number of aromatic amines is 1. The van der Waals surface area contributed by atoms with Crippen molar-refractivity contribution in [2.45, 2.75) is 24.9 Å². The van der Waals surface area contributed by atoms with Gasteiger partial charge in [0, 0.05) is 22.6 Å². The monoisotopic (exact) mass is 442 g/mol. The maximum atomic E-state index is 13.3. The number of rotatable bonds is 6. The van der Waals surface area contributed by atoms with Gasteiger partial charge in [0.25, 0.3) is 5.56 Å². The lowest BCUT2D eigenvalue weighted by atomic mass is 10.1. The van der Waals surface area contributed by atoms with Crippen molar-refractivity contribution >= 4 is 32.5 Å². The molecule has 6 nitrogen and oxygen atoms in total. The summed E-state index contributed by atoms with van der Waals surface area (Å²) in [4.78, 5) is 15.6. The summed E-state index contributed by atoms with van der Waals surface area (Å²) in [6, 6.07) is 16.8. The van der Waals surface area contributed by atoms with Crippen molar-refractivity contribution in [3.63, 3.8) is 0 Å². The molecule has 0 saturated carbocycles. The smallest absolute Gasteiger partial charge is 0.252 e. The van der Waals surface area contributed by atoms with E-state index in [0.29, 0.717) is 21.9 Å². The molecule has 30 heavy (non-hydrogen) atoms. The Morgan fingerprint density at radius 1 is 1.03 bits per heavy atom. The predicted molar refractivity (Wildman–Crippen MR) is 116 cm³/mol. The first-order valence-electron chi connectivity index (χ1n) is 9.23. The van der Waals surface area contributed by atoms with Gasteiger partial charge in [0.15, 0.2) is 0 Å². The van der Waals surface area contributed by atoms with Gasteiger partial charge < -0.3 is 9.40 Å². The molecule has 2 aromatic carbocycles. The Bertz CT molecular complexity index is 1360. The van der Waals surface area contributed by atoms with Crippen LogP contribution in [0.2, 0.25) is 5.02 Å². The van der Waals surface area contributed by atoms with E-state index in [4.69, 9.17) is 16.0 Å².